The van der Waals surface area contributed by atoms with Crippen molar-refractivity contribution >= 4 is 17.7 Å². The lowest BCUT2D eigenvalue weighted by Crippen LogP contribution is -2.47. The summed E-state index contributed by atoms with van der Waals surface area (Å²) in [6.45, 7) is 2.94. The lowest BCUT2D eigenvalue weighted by atomic mass is 9.74. The first-order valence-corrected chi connectivity index (χ1v) is 7.81. The number of nitrogens with zero attached hydrogens (tertiary/aromatic N) is 1. The normalized spacial score (nSPS) is 21.9. The van der Waals surface area contributed by atoms with Gasteiger partial charge in [0.1, 0.15) is 0 Å². The lowest BCUT2D eigenvalue weighted by Gasteiger charge is -2.42. The predicted octanol–water partition coefficient (Wildman–Crippen LogP) is 3.72. The summed E-state index contributed by atoms with van der Waals surface area (Å²) in [7, 11) is 0. The fraction of sp³-hybridized carbons (Fsp3) is 0.562. The van der Waals surface area contributed by atoms with Crippen LogP contribution >= 0.6 is 11.6 Å². The average Bonchev–Trinajstić information content (AvgIpc) is 2.47. The molecule has 0 aromatic heterocycles. The highest BCUT2D eigenvalue weighted by Gasteiger charge is 2.40. The zero-order valence-electron chi connectivity index (χ0n) is 12.3. The molecule has 0 radical (unpaired) electrons. The quantitative estimate of drug-likeness (QED) is 0.891. The van der Waals surface area contributed by atoms with Gasteiger partial charge in [0.25, 0.3) is 0 Å². The van der Waals surface area contributed by atoms with Gasteiger partial charge in [0.05, 0.1) is 5.60 Å². The molecular weight excluding hydrogens is 290 g/mol. The average molecular weight is 312 g/mol. The van der Waals surface area contributed by atoms with Crippen LogP contribution in [0.3, 0.4) is 0 Å². The van der Waals surface area contributed by atoms with Crippen LogP contribution in [0.2, 0.25) is 5.02 Å². The van der Waals surface area contributed by atoms with E-state index in [0.29, 0.717) is 24.5 Å². The van der Waals surface area contributed by atoms with Crippen LogP contribution in [0.4, 0.5) is 4.79 Å². The van der Waals surface area contributed by atoms with Gasteiger partial charge in [-0.25, -0.2) is 4.79 Å². The second-order valence-corrected chi connectivity index (χ2v) is 6.19. The Morgan fingerprint density at radius 1 is 1.52 bits per heavy atom. The van der Waals surface area contributed by atoms with Crippen molar-refractivity contribution in [3.8, 4) is 0 Å². The Kier molecular flexibility index (Phi) is 5.12. The highest BCUT2D eigenvalue weighted by atomic mass is 35.5. The van der Waals surface area contributed by atoms with E-state index in [0.717, 1.165) is 24.8 Å². The van der Waals surface area contributed by atoms with Crippen LogP contribution in [0.25, 0.3) is 0 Å². The lowest BCUT2D eigenvalue weighted by molar-refractivity contribution is -0.0567. The fourth-order valence-electron chi connectivity index (χ4n) is 3.26. The highest BCUT2D eigenvalue weighted by Crippen LogP contribution is 2.39. The monoisotopic (exact) mass is 311 g/mol. The van der Waals surface area contributed by atoms with Gasteiger partial charge >= 0.3 is 6.09 Å². The third-order valence-electron chi connectivity index (χ3n) is 4.32. The molecule has 5 heteroatoms. The van der Waals surface area contributed by atoms with Crippen LogP contribution in [0.15, 0.2) is 24.3 Å². The second kappa shape index (κ2) is 6.67. The van der Waals surface area contributed by atoms with Crippen molar-refractivity contribution in [1.29, 1.82) is 0 Å². The van der Waals surface area contributed by atoms with E-state index >= 15 is 0 Å². The molecule has 2 atom stereocenters. The molecule has 1 heterocycles. The SMILES string of the molecule is CCCC(O)(c1cccc(Cl)c1)C1CCCN(C(=O)O)C1. The molecule has 4 nitrogen and oxygen atoms in total. The highest BCUT2D eigenvalue weighted by molar-refractivity contribution is 6.30. The van der Waals surface area contributed by atoms with E-state index < -0.39 is 11.7 Å². The number of halogens is 1. The predicted molar refractivity (Wildman–Crippen MR) is 82.6 cm³/mol. The Balaban J connectivity index is 2.30. The minimum absolute atomic E-state index is 0.0965. The van der Waals surface area contributed by atoms with Crippen molar-refractivity contribution in [3.63, 3.8) is 0 Å². The number of likely N-dealkylation sites (tertiary alicyclic amines) is 1. The van der Waals surface area contributed by atoms with Crippen molar-refractivity contribution in [2.24, 2.45) is 5.92 Å². The third kappa shape index (κ3) is 3.50. The van der Waals surface area contributed by atoms with Gasteiger partial charge in [0.15, 0.2) is 0 Å². The first-order valence-electron chi connectivity index (χ1n) is 7.43. The molecule has 1 aromatic carbocycles. The molecule has 2 unspecified atom stereocenters. The molecule has 2 N–H and O–H groups in total. The van der Waals surface area contributed by atoms with E-state index in [1.807, 2.05) is 19.1 Å². The maximum Gasteiger partial charge on any atom is 0.407 e. The number of rotatable bonds is 4. The zero-order chi connectivity index (χ0) is 15.5. The molecule has 1 amide bonds. The minimum Gasteiger partial charge on any atom is -0.465 e. The molecule has 0 saturated carbocycles. The van der Waals surface area contributed by atoms with Gasteiger partial charge in [0.2, 0.25) is 0 Å². The molecule has 1 aromatic rings. The molecule has 1 aliphatic heterocycles. The Bertz CT molecular complexity index is 508. The van der Waals surface area contributed by atoms with E-state index in [-0.39, 0.29) is 5.92 Å². The number of benzene rings is 1. The first-order chi connectivity index (χ1) is 9.97. The van der Waals surface area contributed by atoms with Crippen molar-refractivity contribution in [3.05, 3.63) is 34.9 Å². The number of amides is 1. The zero-order valence-corrected chi connectivity index (χ0v) is 13.0. The van der Waals surface area contributed by atoms with Crippen LogP contribution in [-0.2, 0) is 5.60 Å². The molecule has 0 bridgehead atoms. The summed E-state index contributed by atoms with van der Waals surface area (Å²) in [6, 6.07) is 7.27. The van der Waals surface area contributed by atoms with E-state index in [4.69, 9.17) is 11.6 Å². The van der Waals surface area contributed by atoms with Crippen LogP contribution in [0.5, 0.6) is 0 Å². The van der Waals surface area contributed by atoms with Gasteiger partial charge in [-0.15, -0.1) is 0 Å². The summed E-state index contributed by atoms with van der Waals surface area (Å²) in [4.78, 5) is 12.6. The Morgan fingerprint density at radius 2 is 2.29 bits per heavy atom. The number of carbonyl (C=O) groups is 1. The van der Waals surface area contributed by atoms with Crippen molar-refractivity contribution in [2.45, 2.75) is 38.2 Å². The summed E-state index contributed by atoms with van der Waals surface area (Å²) in [5, 5.41) is 21.0. The van der Waals surface area contributed by atoms with Gasteiger partial charge in [-0.05, 0) is 37.0 Å². The molecule has 0 aliphatic carbocycles. The van der Waals surface area contributed by atoms with Gasteiger partial charge in [-0.2, -0.15) is 0 Å². The van der Waals surface area contributed by atoms with Crippen LogP contribution < -0.4 is 0 Å². The summed E-state index contributed by atoms with van der Waals surface area (Å²) in [5.41, 5.74) is -0.234. The van der Waals surface area contributed by atoms with Crippen molar-refractivity contribution < 1.29 is 15.0 Å². The molecule has 2 rings (SSSR count). The molecule has 116 valence electrons. The number of carboxylic acid groups (broad SMARTS) is 1. The largest absolute Gasteiger partial charge is 0.465 e. The maximum absolute atomic E-state index is 11.3. The van der Waals surface area contributed by atoms with Crippen LogP contribution in [0, 0.1) is 5.92 Å². The second-order valence-electron chi connectivity index (χ2n) is 5.75. The number of aliphatic hydroxyl groups is 1. The Hall–Kier alpha value is -1.26. The molecule has 1 saturated heterocycles. The summed E-state index contributed by atoms with van der Waals surface area (Å²) >= 11 is 6.05. The van der Waals surface area contributed by atoms with E-state index in [1.165, 1.54) is 4.90 Å². The minimum atomic E-state index is -1.02. The smallest absolute Gasteiger partial charge is 0.407 e. The molecular formula is C16H22ClNO3. The standard InChI is InChI=1S/C16H22ClNO3/c1-2-8-16(21,12-5-3-7-14(17)10-12)13-6-4-9-18(11-13)15(19)20/h3,5,7,10,13,21H,2,4,6,8-9,11H2,1H3,(H,19,20). The van der Waals surface area contributed by atoms with E-state index in [2.05, 4.69) is 0 Å². The number of hydrogen-bond donors (Lipinski definition) is 2. The summed E-state index contributed by atoms with van der Waals surface area (Å²) in [5.74, 6) is -0.0965. The third-order valence-corrected chi connectivity index (χ3v) is 4.56. The Labute approximate surface area is 130 Å². The maximum atomic E-state index is 11.3. The van der Waals surface area contributed by atoms with E-state index in [1.54, 1.807) is 12.1 Å². The van der Waals surface area contributed by atoms with Gasteiger partial charge in [-0.1, -0.05) is 37.1 Å². The van der Waals surface area contributed by atoms with Gasteiger partial charge in [0, 0.05) is 24.0 Å². The van der Waals surface area contributed by atoms with Crippen LogP contribution in [0.1, 0.15) is 38.2 Å². The van der Waals surface area contributed by atoms with Crippen molar-refractivity contribution in [2.75, 3.05) is 13.1 Å². The number of piperidine rings is 1. The first kappa shape index (κ1) is 16.1. The van der Waals surface area contributed by atoms with Gasteiger partial charge < -0.3 is 15.1 Å². The van der Waals surface area contributed by atoms with Crippen LogP contribution in [-0.4, -0.2) is 34.3 Å². The molecule has 21 heavy (non-hydrogen) atoms. The van der Waals surface area contributed by atoms with Crippen molar-refractivity contribution in [1.82, 2.24) is 4.90 Å². The fourth-order valence-corrected chi connectivity index (χ4v) is 3.45. The molecule has 0 spiro atoms. The summed E-state index contributed by atoms with van der Waals surface area (Å²) in [6.07, 6.45) is 2.12. The Morgan fingerprint density at radius 3 is 2.90 bits per heavy atom. The van der Waals surface area contributed by atoms with Gasteiger partial charge in [-0.3, -0.25) is 0 Å². The summed E-state index contributed by atoms with van der Waals surface area (Å²) < 4.78 is 0. The molecule has 1 aliphatic rings. The molecule has 1 fully saturated rings. The number of hydrogen-bond acceptors (Lipinski definition) is 2. The van der Waals surface area contributed by atoms with E-state index in [9.17, 15) is 15.0 Å². The topological polar surface area (TPSA) is 60.8 Å².